The molecule has 0 aromatic heterocycles. The minimum atomic E-state index is -0.307. The molecule has 0 radical (unpaired) electrons. The van der Waals surface area contributed by atoms with Crippen LogP contribution in [0.4, 0.5) is 14.9 Å². The van der Waals surface area contributed by atoms with Gasteiger partial charge in [0.15, 0.2) is 0 Å². The topological polar surface area (TPSA) is 44.4 Å². The Morgan fingerprint density at radius 3 is 2.85 bits per heavy atom. The van der Waals surface area contributed by atoms with Crippen LogP contribution in [0.1, 0.15) is 26.2 Å². The highest BCUT2D eigenvalue weighted by Gasteiger charge is 2.23. The quantitative estimate of drug-likeness (QED) is 0.870. The largest absolute Gasteiger partial charge is 0.334 e. The van der Waals surface area contributed by atoms with Crippen molar-refractivity contribution in [2.24, 2.45) is 0 Å². The number of carbonyl (C=O) groups excluding carboxylic acids is 1. The van der Waals surface area contributed by atoms with Gasteiger partial charge in [0, 0.05) is 24.8 Å². The molecule has 1 heterocycles. The summed E-state index contributed by atoms with van der Waals surface area (Å²) in [6.45, 7) is 5.24. The van der Waals surface area contributed by atoms with Crippen LogP contribution in [0.2, 0.25) is 0 Å². The predicted octanol–water partition coefficient (Wildman–Crippen LogP) is 2.82. The molecule has 1 saturated heterocycles. The Labute approximate surface area is 119 Å². The van der Waals surface area contributed by atoms with Crippen molar-refractivity contribution in [3.05, 3.63) is 30.1 Å². The molecule has 5 heteroatoms. The lowest BCUT2D eigenvalue weighted by Crippen LogP contribution is -2.39. The van der Waals surface area contributed by atoms with Crippen molar-refractivity contribution < 1.29 is 9.18 Å². The van der Waals surface area contributed by atoms with Gasteiger partial charge in [0.05, 0.1) is 0 Å². The third-order valence-electron chi connectivity index (χ3n) is 3.54. The van der Waals surface area contributed by atoms with Gasteiger partial charge in [-0.15, -0.1) is 0 Å². The van der Waals surface area contributed by atoms with E-state index in [0.29, 0.717) is 5.69 Å². The molecule has 1 unspecified atom stereocenters. The number of nitrogens with zero attached hydrogens (tertiary/aromatic N) is 1. The lowest BCUT2D eigenvalue weighted by molar-refractivity contribution is 0.247. The summed E-state index contributed by atoms with van der Waals surface area (Å²) in [5.41, 5.74) is 0.602. The molecule has 2 N–H and O–H groups in total. The zero-order chi connectivity index (χ0) is 14.4. The van der Waals surface area contributed by atoms with Gasteiger partial charge in [0.2, 0.25) is 0 Å². The number of likely N-dealkylation sites (tertiary alicyclic amines) is 1. The van der Waals surface area contributed by atoms with Gasteiger partial charge >= 0.3 is 6.03 Å². The maximum atomic E-state index is 12.8. The SMILES string of the molecule is CCCCN1CCC(NC(=O)Nc2ccc(F)cc2)C1. The molecule has 0 bridgehead atoms. The zero-order valence-electron chi connectivity index (χ0n) is 11.9. The molecule has 4 nitrogen and oxygen atoms in total. The highest BCUT2D eigenvalue weighted by Crippen LogP contribution is 2.11. The molecule has 1 atom stereocenters. The van der Waals surface area contributed by atoms with Gasteiger partial charge in [0.1, 0.15) is 5.82 Å². The molecule has 1 aromatic carbocycles. The van der Waals surface area contributed by atoms with E-state index in [1.807, 2.05) is 0 Å². The molecule has 110 valence electrons. The summed E-state index contributed by atoms with van der Waals surface area (Å²) in [4.78, 5) is 14.2. The number of benzene rings is 1. The smallest absolute Gasteiger partial charge is 0.319 e. The van der Waals surface area contributed by atoms with Crippen molar-refractivity contribution in [3.63, 3.8) is 0 Å². The van der Waals surface area contributed by atoms with Gasteiger partial charge in [-0.3, -0.25) is 0 Å². The van der Waals surface area contributed by atoms with E-state index in [1.54, 1.807) is 12.1 Å². The Kier molecular flexibility index (Phi) is 5.35. The normalized spacial score (nSPS) is 19.0. The summed E-state index contributed by atoms with van der Waals surface area (Å²) in [5, 5.41) is 5.68. The van der Waals surface area contributed by atoms with Crippen LogP contribution in [-0.2, 0) is 0 Å². The van der Waals surface area contributed by atoms with E-state index in [0.717, 1.165) is 26.1 Å². The lowest BCUT2D eigenvalue weighted by atomic mass is 10.2. The van der Waals surface area contributed by atoms with Crippen LogP contribution in [0, 0.1) is 5.82 Å². The van der Waals surface area contributed by atoms with Crippen LogP contribution in [0.5, 0.6) is 0 Å². The van der Waals surface area contributed by atoms with Crippen LogP contribution >= 0.6 is 0 Å². The first-order valence-electron chi connectivity index (χ1n) is 7.23. The number of hydrogen-bond acceptors (Lipinski definition) is 2. The number of urea groups is 1. The fourth-order valence-electron chi connectivity index (χ4n) is 2.42. The summed E-state index contributed by atoms with van der Waals surface area (Å²) < 4.78 is 12.8. The highest BCUT2D eigenvalue weighted by atomic mass is 19.1. The van der Waals surface area contributed by atoms with Crippen LogP contribution in [0.3, 0.4) is 0 Å². The predicted molar refractivity (Wildman–Crippen MR) is 78.3 cm³/mol. The van der Waals surface area contributed by atoms with Gasteiger partial charge < -0.3 is 15.5 Å². The van der Waals surface area contributed by atoms with Crippen molar-refractivity contribution in [2.45, 2.75) is 32.2 Å². The van der Waals surface area contributed by atoms with Crippen LogP contribution in [0.25, 0.3) is 0 Å². The molecule has 1 aliphatic rings. The number of hydrogen-bond donors (Lipinski definition) is 2. The van der Waals surface area contributed by atoms with E-state index in [4.69, 9.17) is 0 Å². The van der Waals surface area contributed by atoms with Gasteiger partial charge in [-0.1, -0.05) is 13.3 Å². The Bertz CT molecular complexity index is 435. The van der Waals surface area contributed by atoms with E-state index in [9.17, 15) is 9.18 Å². The summed E-state index contributed by atoms with van der Waals surface area (Å²) >= 11 is 0. The van der Waals surface area contributed by atoms with Crippen LogP contribution < -0.4 is 10.6 Å². The number of rotatable bonds is 5. The van der Waals surface area contributed by atoms with Gasteiger partial charge in [-0.2, -0.15) is 0 Å². The van der Waals surface area contributed by atoms with Crippen molar-refractivity contribution in [3.8, 4) is 0 Å². The highest BCUT2D eigenvalue weighted by molar-refractivity contribution is 5.89. The molecule has 20 heavy (non-hydrogen) atoms. The first-order chi connectivity index (χ1) is 9.67. The Morgan fingerprint density at radius 2 is 2.15 bits per heavy atom. The van der Waals surface area contributed by atoms with Gasteiger partial charge in [-0.05, 0) is 43.7 Å². The van der Waals surface area contributed by atoms with E-state index >= 15 is 0 Å². The van der Waals surface area contributed by atoms with E-state index < -0.39 is 0 Å². The second kappa shape index (κ2) is 7.24. The summed E-state index contributed by atoms with van der Waals surface area (Å²) in [7, 11) is 0. The Balaban J connectivity index is 1.74. The second-order valence-corrected chi connectivity index (χ2v) is 5.25. The molecule has 2 rings (SSSR count). The summed E-state index contributed by atoms with van der Waals surface area (Å²) in [6, 6.07) is 5.75. The second-order valence-electron chi connectivity index (χ2n) is 5.25. The number of amides is 2. The van der Waals surface area contributed by atoms with Crippen molar-refractivity contribution in [2.75, 3.05) is 25.0 Å². The minimum absolute atomic E-state index is 0.201. The van der Waals surface area contributed by atoms with Crippen molar-refractivity contribution in [1.82, 2.24) is 10.2 Å². The fourth-order valence-corrected chi connectivity index (χ4v) is 2.42. The molecule has 1 aliphatic heterocycles. The average molecular weight is 279 g/mol. The van der Waals surface area contributed by atoms with E-state index in [1.165, 1.54) is 25.0 Å². The molecule has 2 amide bonds. The number of halogens is 1. The summed E-state index contributed by atoms with van der Waals surface area (Å²) in [5.74, 6) is -0.307. The maximum absolute atomic E-state index is 12.8. The molecular formula is C15H22FN3O. The van der Waals surface area contributed by atoms with Crippen molar-refractivity contribution >= 4 is 11.7 Å². The Hall–Kier alpha value is -1.62. The van der Waals surface area contributed by atoms with Gasteiger partial charge in [0.25, 0.3) is 0 Å². The molecular weight excluding hydrogens is 257 g/mol. The zero-order valence-corrected chi connectivity index (χ0v) is 11.9. The third kappa shape index (κ3) is 4.49. The molecule has 0 aliphatic carbocycles. The monoisotopic (exact) mass is 279 g/mol. The van der Waals surface area contributed by atoms with Crippen LogP contribution in [0.15, 0.2) is 24.3 Å². The molecule has 0 saturated carbocycles. The van der Waals surface area contributed by atoms with E-state index in [2.05, 4.69) is 22.5 Å². The number of nitrogens with one attached hydrogen (secondary N) is 2. The molecule has 0 spiro atoms. The fraction of sp³-hybridized carbons (Fsp3) is 0.533. The Morgan fingerprint density at radius 1 is 1.40 bits per heavy atom. The average Bonchev–Trinajstić information content (AvgIpc) is 2.86. The first kappa shape index (κ1) is 14.8. The minimum Gasteiger partial charge on any atom is -0.334 e. The van der Waals surface area contributed by atoms with Crippen molar-refractivity contribution in [1.29, 1.82) is 0 Å². The standard InChI is InChI=1S/C15H22FN3O/c1-2-3-9-19-10-8-14(11-19)18-15(20)17-13-6-4-12(16)5-7-13/h4-7,14H,2-3,8-11H2,1H3,(H2,17,18,20). The number of carbonyl (C=O) groups is 1. The lowest BCUT2D eigenvalue weighted by Gasteiger charge is -2.16. The number of anilines is 1. The van der Waals surface area contributed by atoms with Crippen LogP contribution in [-0.4, -0.2) is 36.6 Å². The van der Waals surface area contributed by atoms with Gasteiger partial charge in [-0.25, -0.2) is 9.18 Å². The summed E-state index contributed by atoms with van der Waals surface area (Å²) in [6.07, 6.45) is 3.38. The first-order valence-corrected chi connectivity index (χ1v) is 7.23. The molecule has 1 aromatic rings. The molecule has 1 fully saturated rings. The maximum Gasteiger partial charge on any atom is 0.319 e. The number of unbranched alkanes of at least 4 members (excludes halogenated alkanes) is 1. The third-order valence-corrected chi connectivity index (χ3v) is 3.54. The van der Waals surface area contributed by atoms with E-state index in [-0.39, 0.29) is 17.9 Å².